The molecule has 1 unspecified atom stereocenters. The fourth-order valence-electron chi connectivity index (χ4n) is 5.01. The van der Waals surface area contributed by atoms with E-state index in [0.29, 0.717) is 5.92 Å². The number of ether oxygens (including phenoxy) is 1. The van der Waals surface area contributed by atoms with Gasteiger partial charge in [0.15, 0.2) is 0 Å². The van der Waals surface area contributed by atoms with Crippen molar-refractivity contribution in [2.75, 3.05) is 25.2 Å². The summed E-state index contributed by atoms with van der Waals surface area (Å²) in [6.45, 7) is 3.33. The molecule has 3 aliphatic rings. The minimum atomic E-state index is 0.657. The topological polar surface area (TPSA) is 30.3 Å². The van der Waals surface area contributed by atoms with Gasteiger partial charge >= 0.3 is 0 Å². The van der Waals surface area contributed by atoms with Gasteiger partial charge in [0, 0.05) is 42.9 Å². The second kappa shape index (κ2) is 7.51. The molecular formula is C22H29N3OS. The van der Waals surface area contributed by atoms with Crippen LogP contribution in [0.5, 0.6) is 5.75 Å². The Morgan fingerprint density at radius 1 is 1.07 bits per heavy atom. The minimum absolute atomic E-state index is 0.657. The van der Waals surface area contributed by atoms with Crippen LogP contribution < -0.4 is 4.74 Å². The monoisotopic (exact) mass is 383 g/mol. The summed E-state index contributed by atoms with van der Waals surface area (Å²) < 4.78 is 7.93. The molecule has 0 spiro atoms. The summed E-state index contributed by atoms with van der Waals surface area (Å²) in [5, 5.41) is 0. The number of hydrogen-bond donors (Lipinski definition) is 0. The van der Waals surface area contributed by atoms with Gasteiger partial charge in [0.1, 0.15) is 11.6 Å². The number of hydrogen-bond acceptors (Lipinski definition) is 4. The molecule has 1 aromatic carbocycles. The number of rotatable bonds is 4. The lowest BCUT2D eigenvalue weighted by molar-refractivity contribution is 0.168. The van der Waals surface area contributed by atoms with Crippen molar-refractivity contribution in [3.8, 4) is 17.0 Å². The lowest BCUT2D eigenvalue weighted by Crippen LogP contribution is -2.41. The van der Waals surface area contributed by atoms with Crippen LogP contribution in [0.4, 0.5) is 0 Å². The van der Waals surface area contributed by atoms with E-state index < -0.39 is 0 Å². The number of methoxy groups -OCH3 is 1. The molecule has 1 aliphatic carbocycles. The highest BCUT2D eigenvalue weighted by Gasteiger charge is 2.32. The predicted octanol–water partition coefficient (Wildman–Crippen LogP) is 4.54. The summed E-state index contributed by atoms with van der Waals surface area (Å²) in [6, 6.07) is 9.21. The van der Waals surface area contributed by atoms with Crippen molar-refractivity contribution in [1.29, 1.82) is 0 Å². The van der Waals surface area contributed by atoms with Crippen LogP contribution in [0.2, 0.25) is 0 Å². The van der Waals surface area contributed by atoms with Crippen LogP contribution in [0.15, 0.2) is 24.3 Å². The van der Waals surface area contributed by atoms with Gasteiger partial charge in [-0.25, -0.2) is 4.98 Å². The number of nitrogens with zero attached hydrogens (tertiary/aromatic N) is 3. The number of imidazole rings is 1. The normalized spacial score (nSPS) is 23.7. The van der Waals surface area contributed by atoms with Gasteiger partial charge < -0.3 is 9.30 Å². The lowest BCUT2D eigenvalue weighted by atomic mass is 10.1. The van der Waals surface area contributed by atoms with E-state index in [1.807, 2.05) is 0 Å². The molecule has 5 heteroatoms. The van der Waals surface area contributed by atoms with E-state index in [1.54, 1.807) is 7.11 Å². The second-order valence-corrected chi connectivity index (χ2v) is 9.26. The molecule has 2 aromatic rings. The third kappa shape index (κ3) is 3.29. The summed E-state index contributed by atoms with van der Waals surface area (Å²) in [6.07, 6.45) is 6.67. The molecule has 0 N–H and O–H groups in total. The first-order chi connectivity index (χ1) is 13.3. The van der Waals surface area contributed by atoms with Gasteiger partial charge in [0.05, 0.1) is 18.5 Å². The Hall–Kier alpha value is -1.46. The highest BCUT2D eigenvalue weighted by Crippen LogP contribution is 2.39. The van der Waals surface area contributed by atoms with Crippen molar-refractivity contribution in [2.24, 2.45) is 0 Å². The molecule has 27 heavy (non-hydrogen) atoms. The van der Waals surface area contributed by atoms with Crippen LogP contribution >= 0.6 is 11.8 Å². The van der Waals surface area contributed by atoms with Gasteiger partial charge in [-0.3, -0.25) is 4.90 Å². The SMILES string of the molecule is COc1ccc(-c2nc(C3CCCC3)n3c2CN(C2CCSC2)CC3)cc1. The first kappa shape index (κ1) is 17.6. The van der Waals surface area contributed by atoms with Crippen LogP contribution in [0, 0.1) is 0 Å². The first-order valence-corrected chi connectivity index (χ1v) is 11.5. The molecule has 0 amide bonds. The van der Waals surface area contributed by atoms with Crippen molar-refractivity contribution in [3.05, 3.63) is 35.8 Å². The van der Waals surface area contributed by atoms with Crippen molar-refractivity contribution in [2.45, 2.75) is 57.2 Å². The molecule has 1 aromatic heterocycles. The van der Waals surface area contributed by atoms with Crippen molar-refractivity contribution >= 4 is 11.8 Å². The zero-order chi connectivity index (χ0) is 18.2. The Morgan fingerprint density at radius 2 is 1.89 bits per heavy atom. The quantitative estimate of drug-likeness (QED) is 0.776. The van der Waals surface area contributed by atoms with Gasteiger partial charge in [-0.15, -0.1) is 0 Å². The molecule has 1 atom stereocenters. The lowest BCUT2D eigenvalue weighted by Gasteiger charge is -2.34. The molecular weight excluding hydrogens is 354 g/mol. The Kier molecular flexibility index (Phi) is 4.91. The summed E-state index contributed by atoms with van der Waals surface area (Å²) >= 11 is 2.11. The van der Waals surface area contributed by atoms with Gasteiger partial charge in [0.25, 0.3) is 0 Å². The largest absolute Gasteiger partial charge is 0.497 e. The minimum Gasteiger partial charge on any atom is -0.497 e. The number of thioether (sulfide) groups is 1. The smallest absolute Gasteiger partial charge is 0.118 e. The van der Waals surface area contributed by atoms with Crippen molar-refractivity contribution in [3.63, 3.8) is 0 Å². The maximum atomic E-state index is 5.35. The van der Waals surface area contributed by atoms with Crippen LogP contribution in [-0.2, 0) is 13.1 Å². The average molecular weight is 384 g/mol. The van der Waals surface area contributed by atoms with E-state index in [1.165, 1.54) is 72.9 Å². The third-order valence-electron chi connectivity index (χ3n) is 6.57. The highest BCUT2D eigenvalue weighted by atomic mass is 32.2. The summed E-state index contributed by atoms with van der Waals surface area (Å²) in [7, 11) is 1.73. The van der Waals surface area contributed by atoms with Crippen LogP contribution in [0.25, 0.3) is 11.3 Å². The van der Waals surface area contributed by atoms with Gasteiger partial charge in [-0.05, 0) is 49.3 Å². The average Bonchev–Trinajstić information content (AvgIpc) is 3.48. The van der Waals surface area contributed by atoms with Crippen LogP contribution in [-0.4, -0.2) is 45.7 Å². The molecule has 0 radical (unpaired) electrons. The van der Waals surface area contributed by atoms with E-state index in [0.717, 1.165) is 24.9 Å². The maximum absolute atomic E-state index is 5.35. The molecule has 3 heterocycles. The molecule has 5 rings (SSSR count). The molecule has 144 valence electrons. The van der Waals surface area contributed by atoms with Crippen molar-refractivity contribution < 1.29 is 4.74 Å². The summed E-state index contributed by atoms with van der Waals surface area (Å²) in [5.74, 6) is 5.53. The van der Waals surface area contributed by atoms with Gasteiger partial charge in [0.2, 0.25) is 0 Å². The fourth-order valence-corrected chi connectivity index (χ4v) is 6.27. The highest BCUT2D eigenvalue weighted by molar-refractivity contribution is 7.99. The summed E-state index contributed by atoms with van der Waals surface area (Å²) in [4.78, 5) is 7.96. The van der Waals surface area contributed by atoms with E-state index in [2.05, 4.69) is 45.5 Å². The Balaban J connectivity index is 1.53. The zero-order valence-corrected chi connectivity index (χ0v) is 17.0. The molecule has 0 bridgehead atoms. The molecule has 2 fully saturated rings. The second-order valence-electron chi connectivity index (χ2n) is 8.11. The van der Waals surface area contributed by atoms with Gasteiger partial charge in [-0.2, -0.15) is 11.8 Å². The van der Waals surface area contributed by atoms with Crippen LogP contribution in [0.3, 0.4) is 0 Å². The standard InChI is InChI=1S/C22H29N3OS/c1-26-19-8-6-16(7-9-19)21-20-14-24(18-10-13-27-15-18)11-12-25(20)22(23-21)17-4-2-3-5-17/h6-9,17-18H,2-5,10-15H2,1H3. The van der Waals surface area contributed by atoms with E-state index in [9.17, 15) is 0 Å². The van der Waals surface area contributed by atoms with E-state index in [4.69, 9.17) is 9.72 Å². The molecule has 1 saturated carbocycles. The number of fused-ring (bicyclic) bond motifs is 1. The number of aromatic nitrogens is 2. The molecule has 1 saturated heterocycles. The fraction of sp³-hybridized carbons (Fsp3) is 0.591. The Bertz CT molecular complexity index is 789. The number of benzene rings is 1. The van der Waals surface area contributed by atoms with E-state index >= 15 is 0 Å². The van der Waals surface area contributed by atoms with Gasteiger partial charge in [-0.1, -0.05) is 12.8 Å². The van der Waals surface area contributed by atoms with Crippen molar-refractivity contribution in [1.82, 2.24) is 14.5 Å². The maximum Gasteiger partial charge on any atom is 0.118 e. The first-order valence-electron chi connectivity index (χ1n) is 10.4. The third-order valence-corrected chi connectivity index (χ3v) is 7.72. The molecule has 4 nitrogen and oxygen atoms in total. The zero-order valence-electron chi connectivity index (χ0n) is 16.2. The van der Waals surface area contributed by atoms with E-state index in [-0.39, 0.29) is 0 Å². The Labute approximate surface area is 166 Å². The van der Waals surface area contributed by atoms with Crippen LogP contribution in [0.1, 0.15) is 49.5 Å². The Morgan fingerprint density at radius 3 is 2.59 bits per heavy atom. The summed E-state index contributed by atoms with van der Waals surface area (Å²) in [5.41, 5.74) is 3.87. The predicted molar refractivity (Wildman–Crippen MR) is 112 cm³/mol. The molecule has 2 aliphatic heterocycles.